The topological polar surface area (TPSA) is 73.9 Å². The fraction of sp³-hybridized carbons (Fsp3) is 0.526. The number of H-pyrrole nitrogens is 1. The van der Waals surface area contributed by atoms with E-state index >= 15 is 0 Å². The highest BCUT2D eigenvalue weighted by Gasteiger charge is 2.45. The smallest absolute Gasteiger partial charge is 0.239 e. The molecule has 2 aromatic heterocycles. The maximum absolute atomic E-state index is 13.0. The number of hydrogen-bond donors (Lipinski definition) is 2. The van der Waals surface area contributed by atoms with Crippen LogP contribution in [0, 0.1) is 0 Å². The molecule has 0 bridgehead atoms. The number of hydrogen-bond acceptors (Lipinski definition) is 4. The van der Waals surface area contributed by atoms with Crippen molar-refractivity contribution in [2.75, 3.05) is 13.6 Å². The zero-order valence-corrected chi connectivity index (χ0v) is 14.7. The highest BCUT2D eigenvalue weighted by molar-refractivity contribution is 5.82. The van der Waals surface area contributed by atoms with Crippen LogP contribution in [-0.4, -0.2) is 45.4 Å². The molecular formula is C19H25N5O. The molecule has 2 aliphatic rings. The van der Waals surface area contributed by atoms with Crippen molar-refractivity contribution in [3.8, 4) is 0 Å². The number of imidazole rings is 1. The summed E-state index contributed by atoms with van der Waals surface area (Å²) in [6.07, 6.45) is 9.53. The van der Waals surface area contributed by atoms with E-state index in [2.05, 4.69) is 20.3 Å². The molecule has 0 radical (unpaired) electrons. The maximum Gasteiger partial charge on any atom is 0.239 e. The van der Waals surface area contributed by atoms with Crippen LogP contribution in [0.4, 0.5) is 0 Å². The van der Waals surface area contributed by atoms with Gasteiger partial charge in [0.05, 0.1) is 23.6 Å². The van der Waals surface area contributed by atoms with E-state index in [1.807, 2.05) is 30.1 Å². The number of aromatic nitrogens is 3. The van der Waals surface area contributed by atoms with Crippen molar-refractivity contribution in [1.29, 1.82) is 0 Å². The van der Waals surface area contributed by atoms with Crippen LogP contribution in [-0.2, 0) is 23.2 Å². The number of carbonyl (C=O) groups excluding carboxylic acids is 1. The Hall–Kier alpha value is -2.21. The number of nitrogens with one attached hydrogen (secondary N) is 2. The van der Waals surface area contributed by atoms with Crippen LogP contribution in [0.15, 0.2) is 30.7 Å². The molecule has 2 N–H and O–H groups in total. The molecule has 2 aromatic rings. The molecule has 1 amide bonds. The van der Waals surface area contributed by atoms with Crippen LogP contribution in [0.25, 0.3) is 0 Å². The molecule has 25 heavy (non-hydrogen) atoms. The first-order valence-electron chi connectivity index (χ1n) is 9.13. The first-order valence-corrected chi connectivity index (χ1v) is 9.13. The molecule has 1 atom stereocenters. The summed E-state index contributed by atoms with van der Waals surface area (Å²) in [5.41, 5.74) is 3.15. The molecule has 0 aromatic carbocycles. The lowest BCUT2D eigenvalue weighted by Gasteiger charge is -2.39. The molecule has 1 saturated carbocycles. The zero-order chi connectivity index (χ0) is 17.3. The second kappa shape index (κ2) is 6.59. The number of nitrogens with zero attached hydrogens (tertiary/aromatic N) is 3. The van der Waals surface area contributed by atoms with Gasteiger partial charge in [-0.15, -0.1) is 0 Å². The Labute approximate surface area is 148 Å². The summed E-state index contributed by atoms with van der Waals surface area (Å²) in [5.74, 6) is 0.155. The van der Waals surface area contributed by atoms with E-state index in [1.54, 1.807) is 12.5 Å². The first kappa shape index (κ1) is 16.3. The molecule has 0 saturated heterocycles. The van der Waals surface area contributed by atoms with Gasteiger partial charge in [-0.1, -0.05) is 18.9 Å². The summed E-state index contributed by atoms with van der Waals surface area (Å²) < 4.78 is 0. The van der Waals surface area contributed by atoms with Gasteiger partial charge in [0, 0.05) is 44.0 Å². The van der Waals surface area contributed by atoms with E-state index in [9.17, 15) is 4.79 Å². The van der Waals surface area contributed by atoms with Gasteiger partial charge in [0.1, 0.15) is 0 Å². The van der Waals surface area contributed by atoms with Gasteiger partial charge in [-0.2, -0.15) is 0 Å². The minimum absolute atomic E-state index is 0.115. The molecule has 6 heteroatoms. The minimum atomic E-state index is -0.181. The van der Waals surface area contributed by atoms with Crippen molar-refractivity contribution in [2.45, 2.75) is 50.1 Å². The lowest BCUT2D eigenvalue weighted by atomic mass is 9.84. The highest BCUT2D eigenvalue weighted by Crippen LogP contribution is 2.42. The Morgan fingerprint density at radius 2 is 2.16 bits per heavy atom. The molecule has 6 nitrogen and oxygen atoms in total. The third-order valence-electron chi connectivity index (χ3n) is 5.59. The van der Waals surface area contributed by atoms with Gasteiger partial charge in [0.25, 0.3) is 0 Å². The molecule has 132 valence electrons. The Balaban J connectivity index is 1.45. The van der Waals surface area contributed by atoms with Crippen molar-refractivity contribution in [3.63, 3.8) is 0 Å². The van der Waals surface area contributed by atoms with Crippen molar-refractivity contribution in [3.05, 3.63) is 47.8 Å². The summed E-state index contributed by atoms with van der Waals surface area (Å²) in [4.78, 5) is 27.0. The Bertz CT molecular complexity index is 735. The van der Waals surface area contributed by atoms with Crippen LogP contribution in [0.5, 0.6) is 0 Å². The van der Waals surface area contributed by atoms with E-state index in [0.717, 1.165) is 36.3 Å². The van der Waals surface area contributed by atoms with Crippen molar-refractivity contribution < 1.29 is 4.79 Å². The summed E-state index contributed by atoms with van der Waals surface area (Å²) in [6.45, 7) is 0.677. The molecule has 1 fully saturated rings. The average molecular weight is 339 g/mol. The lowest BCUT2D eigenvalue weighted by molar-refractivity contribution is -0.133. The summed E-state index contributed by atoms with van der Waals surface area (Å²) in [6, 6.07) is 5.71. The largest absolute Gasteiger partial charge is 0.348 e. The van der Waals surface area contributed by atoms with Crippen molar-refractivity contribution >= 4 is 5.91 Å². The number of amides is 1. The standard InChI is InChI=1S/C19H25N5O/c1-24(11-7-14-6-2-5-10-20-14)18(25)16-12-15-17(22-13-21-15)19(23-16)8-3-4-9-19/h2,5-6,10,13,16,23H,3-4,7-9,11-12H2,1H3,(H,21,22)/t16-/m0/s1. The van der Waals surface area contributed by atoms with Crippen LogP contribution >= 0.6 is 0 Å². The number of rotatable bonds is 4. The fourth-order valence-corrected chi connectivity index (χ4v) is 4.26. The quantitative estimate of drug-likeness (QED) is 0.891. The fourth-order valence-electron chi connectivity index (χ4n) is 4.26. The van der Waals surface area contributed by atoms with E-state index in [1.165, 1.54) is 12.8 Å². The van der Waals surface area contributed by atoms with Gasteiger partial charge in [-0.25, -0.2) is 4.98 Å². The Morgan fingerprint density at radius 3 is 2.92 bits per heavy atom. The second-order valence-electron chi connectivity index (χ2n) is 7.25. The van der Waals surface area contributed by atoms with Crippen LogP contribution in [0.3, 0.4) is 0 Å². The maximum atomic E-state index is 13.0. The summed E-state index contributed by atoms with van der Waals surface area (Å²) >= 11 is 0. The minimum Gasteiger partial charge on any atom is -0.348 e. The molecule has 0 unspecified atom stereocenters. The number of aromatic amines is 1. The number of likely N-dealkylation sites (N-methyl/N-ethyl adjacent to an activating group) is 1. The molecule has 1 aliphatic carbocycles. The summed E-state index contributed by atoms with van der Waals surface area (Å²) in [5, 5.41) is 3.66. The van der Waals surface area contributed by atoms with Crippen molar-refractivity contribution in [2.24, 2.45) is 0 Å². The monoisotopic (exact) mass is 339 g/mol. The molecule has 1 aliphatic heterocycles. The van der Waals surface area contributed by atoms with Crippen LogP contribution < -0.4 is 5.32 Å². The summed E-state index contributed by atoms with van der Waals surface area (Å²) in [7, 11) is 1.89. The average Bonchev–Trinajstić information content (AvgIpc) is 3.30. The Morgan fingerprint density at radius 1 is 1.32 bits per heavy atom. The van der Waals surface area contributed by atoms with Gasteiger partial charge < -0.3 is 9.88 Å². The number of carbonyl (C=O) groups is 1. The molecule has 3 heterocycles. The predicted octanol–water partition coefficient (Wildman–Crippen LogP) is 1.79. The third kappa shape index (κ3) is 3.06. The second-order valence-corrected chi connectivity index (χ2v) is 7.25. The molecule has 4 rings (SSSR count). The SMILES string of the molecule is CN(CCc1ccccn1)C(=O)[C@@H]1Cc2[nH]cnc2C2(CCCC2)N1. The number of pyridine rings is 1. The number of fused-ring (bicyclic) bond motifs is 2. The van der Waals surface area contributed by atoms with E-state index in [-0.39, 0.29) is 17.5 Å². The highest BCUT2D eigenvalue weighted by atomic mass is 16.2. The normalized spacial score (nSPS) is 21.2. The van der Waals surface area contributed by atoms with Gasteiger partial charge >= 0.3 is 0 Å². The van der Waals surface area contributed by atoms with E-state index in [0.29, 0.717) is 13.0 Å². The molecular weight excluding hydrogens is 314 g/mol. The van der Waals surface area contributed by atoms with Gasteiger partial charge in [0.2, 0.25) is 5.91 Å². The van der Waals surface area contributed by atoms with Gasteiger partial charge in [0.15, 0.2) is 0 Å². The van der Waals surface area contributed by atoms with Crippen LogP contribution in [0.1, 0.15) is 42.8 Å². The molecule has 1 spiro atoms. The van der Waals surface area contributed by atoms with E-state index < -0.39 is 0 Å². The van der Waals surface area contributed by atoms with Crippen LogP contribution in [0.2, 0.25) is 0 Å². The first-order chi connectivity index (χ1) is 12.2. The van der Waals surface area contributed by atoms with Crippen molar-refractivity contribution in [1.82, 2.24) is 25.2 Å². The lowest BCUT2D eigenvalue weighted by Crippen LogP contribution is -2.57. The Kier molecular flexibility index (Phi) is 4.29. The predicted molar refractivity (Wildman–Crippen MR) is 94.9 cm³/mol. The van der Waals surface area contributed by atoms with Gasteiger partial charge in [-0.3, -0.25) is 15.1 Å². The zero-order valence-electron chi connectivity index (χ0n) is 14.7. The van der Waals surface area contributed by atoms with Gasteiger partial charge in [-0.05, 0) is 25.0 Å². The third-order valence-corrected chi connectivity index (χ3v) is 5.59. The van der Waals surface area contributed by atoms with E-state index in [4.69, 9.17) is 0 Å².